The summed E-state index contributed by atoms with van der Waals surface area (Å²) in [7, 11) is 0. The third-order valence-corrected chi connectivity index (χ3v) is 2.32. The Bertz CT molecular complexity index is 424. The lowest BCUT2D eigenvalue weighted by atomic mass is 10.2. The summed E-state index contributed by atoms with van der Waals surface area (Å²) < 4.78 is 0. The molecule has 17 heavy (non-hydrogen) atoms. The van der Waals surface area contributed by atoms with Gasteiger partial charge in [0, 0.05) is 31.9 Å². The Morgan fingerprint density at radius 1 is 1.29 bits per heavy atom. The SMILES string of the molecule is CC#N.NCc1ccc(N2C=CC=CC2)cc1. The van der Waals surface area contributed by atoms with Crippen LogP contribution in [0.25, 0.3) is 0 Å². The van der Waals surface area contributed by atoms with E-state index < -0.39 is 0 Å². The van der Waals surface area contributed by atoms with Crippen LogP contribution in [0.5, 0.6) is 0 Å². The molecular formula is C14H17N3. The maximum absolute atomic E-state index is 7.32. The molecule has 0 bridgehead atoms. The van der Waals surface area contributed by atoms with E-state index in [1.54, 1.807) is 6.07 Å². The van der Waals surface area contributed by atoms with Crippen LogP contribution in [0.3, 0.4) is 0 Å². The first kappa shape index (κ1) is 13.0. The molecule has 1 heterocycles. The Morgan fingerprint density at radius 2 is 1.94 bits per heavy atom. The van der Waals surface area contributed by atoms with Crippen molar-refractivity contribution in [3.63, 3.8) is 0 Å². The van der Waals surface area contributed by atoms with Crippen molar-refractivity contribution >= 4 is 5.69 Å². The molecule has 0 saturated carbocycles. The van der Waals surface area contributed by atoms with Crippen molar-refractivity contribution in [1.82, 2.24) is 0 Å². The number of allylic oxidation sites excluding steroid dienone is 2. The highest BCUT2D eigenvalue weighted by molar-refractivity contribution is 5.52. The maximum atomic E-state index is 7.32. The van der Waals surface area contributed by atoms with Crippen molar-refractivity contribution in [3.8, 4) is 6.07 Å². The normalized spacial score (nSPS) is 12.6. The Morgan fingerprint density at radius 3 is 2.41 bits per heavy atom. The molecule has 0 saturated heterocycles. The average molecular weight is 227 g/mol. The van der Waals surface area contributed by atoms with E-state index in [-0.39, 0.29) is 0 Å². The lowest BCUT2D eigenvalue weighted by molar-refractivity contribution is 1.05. The van der Waals surface area contributed by atoms with Crippen LogP contribution < -0.4 is 10.6 Å². The summed E-state index contributed by atoms with van der Waals surface area (Å²) in [5, 5.41) is 7.32. The van der Waals surface area contributed by atoms with E-state index in [0.717, 1.165) is 6.54 Å². The van der Waals surface area contributed by atoms with Crippen molar-refractivity contribution in [2.45, 2.75) is 13.5 Å². The summed E-state index contributed by atoms with van der Waals surface area (Å²) >= 11 is 0. The van der Waals surface area contributed by atoms with Crippen LogP contribution in [0.2, 0.25) is 0 Å². The summed E-state index contributed by atoms with van der Waals surface area (Å²) in [5.74, 6) is 0. The predicted molar refractivity (Wildman–Crippen MR) is 71.2 cm³/mol. The number of benzene rings is 1. The van der Waals surface area contributed by atoms with Gasteiger partial charge < -0.3 is 10.6 Å². The van der Waals surface area contributed by atoms with Gasteiger partial charge in [-0.25, -0.2) is 0 Å². The minimum atomic E-state index is 0.607. The first-order chi connectivity index (χ1) is 8.31. The Labute approximate surface area is 102 Å². The van der Waals surface area contributed by atoms with E-state index in [4.69, 9.17) is 11.0 Å². The minimum absolute atomic E-state index is 0.607. The standard InChI is InChI=1S/C12H14N2.C2H3N/c13-10-11-4-6-12(7-5-11)14-8-2-1-3-9-14;1-2-3/h1-8H,9-10,13H2;1H3. The molecule has 0 amide bonds. The van der Waals surface area contributed by atoms with E-state index in [9.17, 15) is 0 Å². The third-order valence-electron chi connectivity index (χ3n) is 2.32. The van der Waals surface area contributed by atoms with Gasteiger partial charge in [0.25, 0.3) is 0 Å². The Balaban J connectivity index is 0.000000437. The maximum Gasteiger partial charge on any atom is 0.0587 e. The van der Waals surface area contributed by atoms with Gasteiger partial charge in [-0.3, -0.25) is 0 Å². The van der Waals surface area contributed by atoms with Gasteiger partial charge in [0.15, 0.2) is 0 Å². The zero-order valence-corrected chi connectivity index (χ0v) is 10.0. The van der Waals surface area contributed by atoms with Gasteiger partial charge >= 0.3 is 0 Å². The highest BCUT2D eigenvalue weighted by atomic mass is 15.1. The second-order valence-electron chi connectivity index (χ2n) is 3.52. The van der Waals surface area contributed by atoms with Crippen LogP contribution in [0.1, 0.15) is 12.5 Å². The fourth-order valence-electron chi connectivity index (χ4n) is 1.48. The number of hydrogen-bond donors (Lipinski definition) is 1. The van der Waals surface area contributed by atoms with Gasteiger partial charge in [0.1, 0.15) is 0 Å². The molecule has 0 atom stereocenters. The molecular weight excluding hydrogens is 210 g/mol. The van der Waals surface area contributed by atoms with Crippen LogP contribution in [-0.4, -0.2) is 6.54 Å². The van der Waals surface area contributed by atoms with Crippen molar-refractivity contribution < 1.29 is 0 Å². The van der Waals surface area contributed by atoms with Crippen LogP contribution in [0.4, 0.5) is 5.69 Å². The van der Waals surface area contributed by atoms with Crippen molar-refractivity contribution in [1.29, 1.82) is 5.26 Å². The van der Waals surface area contributed by atoms with E-state index in [1.165, 1.54) is 18.2 Å². The topological polar surface area (TPSA) is 53.1 Å². The van der Waals surface area contributed by atoms with Gasteiger partial charge in [-0.05, 0) is 23.8 Å². The molecule has 0 aliphatic carbocycles. The van der Waals surface area contributed by atoms with Crippen LogP contribution in [0, 0.1) is 11.3 Å². The summed E-state index contributed by atoms with van der Waals surface area (Å²) in [4.78, 5) is 2.19. The smallest absolute Gasteiger partial charge is 0.0587 e. The first-order valence-electron chi connectivity index (χ1n) is 5.51. The number of rotatable bonds is 2. The summed E-state index contributed by atoms with van der Waals surface area (Å²) in [6, 6.07) is 10.1. The number of hydrogen-bond acceptors (Lipinski definition) is 3. The highest BCUT2D eigenvalue weighted by Gasteiger charge is 2.02. The van der Waals surface area contributed by atoms with Gasteiger partial charge in [0.2, 0.25) is 0 Å². The zero-order valence-electron chi connectivity index (χ0n) is 10.0. The monoisotopic (exact) mass is 227 g/mol. The molecule has 1 aliphatic heterocycles. The zero-order chi connectivity index (χ0) is 12.5. The second-order valence-corrected chi connectivity index (χ2v) is 3.52. The molecule has 88 valence electrons. The minimum Gasteiger partial charge on any atom is -0.344 e. The fourth-order valence-corrected chi connectivity index (χ4v) is 1.48. The highest BCUT2D eigenvalue weighted by Crippen LogP contribution is 2.16. The Kier molecular flexibility index (Phi) is 5.56. The number of nitrogens with two attached hydrogens (primary N) is 1. The quantitative estimate of drug-likeness (QED) is 0.844. The first-order valence-corrected chi connectivity index (χ1v) is 5.51. The summed E-state index contributed by atoms with van der Waals surface area (Å²) in [5.41, 5.74) is 7.92. The van der Waals surface area contributed by atoms with Gasteiger partial charge in [-0.15, -0.1) is 0 Å². The van der Waals surface area contributed by atoms with Gasteiger partial charge in [-0.2, -0.15) is 5.26 Å². The van der Waals surface area contributed by atoms with Crippen molar-refractivity contribution in [2.75, 3.05) is 11.4 Å². The summed E-state index contributed by atoms with van der Waals surface area (Å²) in [6.07, 6.45) is 8.32. The largest absolute Gasteiger partial charge is 0.344 e. The van der Waals surface area contributed by atoms with Gasteiger partial charge in [0.05, 0.1) is 6.07 Å². The molecule has 3 nitrogen and oxygen atoms in total. The number of nitrogens with zero attached hydrogens (tertiary/aromatic N) is 2. The molecule has 0 fully saturated rings. The van der Waals surface area contributed by atoms with E-state index >= 15 is 0 Å². The molecule has 0 unspecified atom stereocenters. The Hall–Kier alpha value is -2.05. The molecule has 1 aromatic carbocycles. The predicted octanol–water partition coefficient (Wildman–Crippen LogP) is 2.57. The third kappa shape index (κ3) is 4.13. The van der Waals surface area contributed by atoms with Crippen LogP contribution >= 0.6 is 0 Å². The molecule has 2 rings (SSSR count). The van der Waals surface area contributed by atoms with E-state index in [2.05, 4.69) is 47.5 Å². The molecule has 1 aromatic rings. The molecule has 1 aliphatic rings. The van der Waals surface area contributed by atoms with Crippen molar-refractivity contribution in [2.24, 2.45) is 5.73 Å². The second kappa shape index (κ2) is 7.26. The average Bonchev–Trinajstić information content (AvgIpc) is 2.41. The number of anilines is 1. The van der Waals surface area contributed by atoms with E-state index in [1.807, 2.05) is 6.08 Å². The number of nitriles is 1. The molecule has 2 N–H and O–H groups in total. The lowest BCUT2D eigenvalue weighted by Crippen LogP contribution is -2.17. The summed E-state index contributed by atoms with van der Waals surface area (Å²) in [6.45, 7) is 2.98. The van der Waals surface area contributed by atoms with Crippen LogP contribution in [0.15, 0.2) is 48.7 Å². The van der Waals surface area contributed by atoms with Crippen molar-refractivity contribution in [3.05, 3.63) is 54.3 Å². The molecule has 3 heteroatoms. The molecule has 0 radical (unpaired) electrons. The fraction of sp³-hybridized carbons (Fsp3) is 0.214. The lowest BCUT2D eigenvalue weighted by Gasteiger charge is -2.20. The van der Waals surface area contributed by atoms with E-state index in [0.29, 0.717) is 6.54 Å². The van der Waals surface area contributed by atoms with Crippen LogP contribution in [-0.2, 0) is 6.54 Å². The molecule has 0 aromatic heterocycles. The molecule has 0 spiro atoms. The van der Waals surface area contributed by atoms with Gasteiger partial charge in [-0.1, -0.05) is 24.3 Å².